The Morgan fingerprint density at radius 1 is 1.27 bits per heavy atom. The highest BCUT2D eigenvalue weighted by atomic mass is 19.1. The van der Waals surface area contributed by atoms with Gasteiger partial charge in [0.05, 0.1) is 12.2 Å². The van der Waals surface area contributed by atoms with Crippen LogP contribution in [0.15, 0.2) is 35.6 Å². The largest absolute Gasteiger partial charge is 0.396 e. The molecule has 1 aromatic heterocycles. The highest BCUT2D eigenvalue weighted by molar-refractivity contribution is 5.79. The van der Waals surface area contributed by atoms with Crippen molar-refractivity contribution in [3.63, 3.8) is 0 Å². The Kier molecular flexibility index (Phi) is 7.85. The van der Waals surface area contributed by atoms with E-state index in [1.54, 1.807) is 23.0 Å². The Morgan fingerprint density at radius 3 is 2.70 bits per heavy atom. The van der Waals surface area contributed by atoms with E-state index in [0.29, 0.717) is 12.2 Å². The molecule has 6 nitrogen and oxygen atoms in total. The number of aromatic nitrogens is 2. The average molecular weight is 416 g/mol. The summed E-state index contributed by atoms with van der Waals surface area (Å²) in [6, 6.07) is 5.21. The van der Waals surface area contributed by atoms with Crippen LogP contribution in [0.25, 0.3) is 5.69 Å². The number of nitrogens with zero attached hydrogens (tertiary/aromatic N) is 3. The fourth-order valence-electron chi connectivity index (χ4n) is 4.31. The lowest BCUT2D eigenvalue weighted by molar-refractivity contribution is 0.131. The summed E-state index contributed by atoms with van der Waals surface area (Å²) in [4.78, 5) is 8.81. The van der Waals surface area contributed by atoms with Crippen LogP contribution in [-0.2, 0) is 6.54 Å². The summed E-state index contributed by atoms with van der Waals surface area (Å²) in [5.41, 5.74) is 1.44. The van der Waals surface area contributed by atoms with Gasteiger partial charge in [0.15, 0.2) is 5.96 Å². The SMILES string of the molecule is CCNC(=NCc1ccc(-n2ccnc2C)c(F)c1)NCC1(CCO)CCCCC1. The van der Waals surface area contributed by atoms with Crippen molar-refractivity contribution >= 4 is 5.96 Å². The number of aliphatic hydroxyl groups is 1. The summed E-state index contributed by atoms with van der Waals surface area (Å²) >= 11 is 0. The molecular formula is C23H34FN5O. The number of nitrogens with one attached hydrogen (secondary N) is 2. The quantitative estimate of drug-likeness (QED) is 0.454. The average Bonchev–Trinajstić information content (AvgIpc) is 3.17. The minimum Gasteiger partial charge on any atom is -0.396 e. The first kappa shape index (κ1) is 22.3. The van der Waals surface area contributed by atoms with Gasteiger partial charge in [-0.2, -0.15) is 0 Å². The minimum atomic E-state index is -0.286. The van der Waals surface area contributed by atoms with Crippen molar-refractivity contribution < 1.29 is 9.50 Å². The fraction of sp³-hybridized carbons (Fsp3) is 0.565. The third-order valence-corrected chi connectivity index (χ3v) is 6.05. The maximum Gasteiger partial charge on any atom is 0.191 e. The van der Waals surface area contributed by atoms with Crippen molar-refractivity contribution in [2.75, 3.05) is 19.7 Å². The van der Waals surface area contributed by atoms with Crippen LogP contribution < -0.4 is 10.6 Å². The van der Waals surface area contributed by atoms with Crippen LogP contribution in [0.5, 0.6) is 0 Å². The number of rotatable bonds is 8. The summed E-state index contributed by atoms with van der Waals surface area (Å²) in [5, 5.41) is 16.3. The third kappa shape index (κ3) is 5.59. The van der Waals surface area contributed by atoms with Gasteiger partial charge in [0.25, 0.3) is 0 Å². The van der Waals surface area contributed by atoms with Gasteiger partial charge in [-0.1, -0.05) is 25.3 Å². The van der Waals surface area contributed by atoms with Crippen molar-refractivity contribution in [3.8, 4) is 5.69 Å². The molecule has 1 heterocycles. The lowest BCUT2D eigenvalue weighted by Gasteiger charge is -2.37. The molecular weight excluding hydrogens is 381 g/mol. The summed E-state index contributed by atoms with van der Waals surface area (Å²) in [5.74, 6) is 1.19. The molecule has 30 heavy (non-hydrogen) atoms. The van der Waals surface area contributed by atoms with Crippen LogP contribution in [0.4, 0.5) is 4.39 Å². The van der Waals surface area contributed by atoms with Gasteiger partial charge in [0.2, 0.25) is 0 Å². The van der Waals surface area contributed by atoms with E-state index in [2.05, 4.69) is 20.6 Å². The minimum absolute atomic E-state index is 0.138. The number of aliphatic imine (C=N–C) groups is 1. The van der Waals surface area contributed by atoms with Gasteiger partial charge in [0, 0.05) is 32.1 Å². The zero-order valence-electron chi connectivity index (χ0n) is 18.1. The molecule has 1 aliphatic rings. The molecule has 7 heteroatoms. The van der Waals surface area contributed by atoms with E-state index in [1.807, 2.05) is 19.9 Å². The van der Waals surface area contributed by atoms with Crippen LogP contribution in [0.2, 0.25) is 0 Å². The van der Waals surface area contributed by atoms with Crippen LogP contribution in [0, 0.1) is 18.2 Å². The molecule has 3 N–H and O–H groups in total. The van der Waals surface area contributed by atoms with E-state index in [4.69, 9.17) is 0 Å². The standard InChI is InChI=1S/C23H34FN5O/c1-3-25-22(28-17-23(11-14-30)9-5-4-6-10-23)27-16-19-7-8-21(20(24)15-19)29-13-12-26-18(29)2/h7-8,12-13,15,30H,3-6,9-11,14,16-17H2,1-2H3,(H2,25,27,28). The van der Waals surface area contributed by atoms with Crippen molar-refractivity contribution in [2.45, 2.75) is 58.9 Å². The van der Waals surface area contributed by atoms with Crippen molar-refractivity contribution in [1.82, 2.24) is 20.2 Å². The summed E-state index contributed by atoms with van der Waals surface area (Å²) in [6.07, 6.45) is 10.2. The molecule has 0 saturated heterocycles. The lowest BCUT2D eigenvalue weighted by Crippen LogP contribution is -2.44. The Labute approximate surface area is 178 Å². The Hall–Kier alpha value is -2.41. The number of halogens is 1. The molecule has 1 aromatic carbocycles. The number of aliphatic hydroxyl groups excluding tert-OH is 1. The molecule has 0 spiro atoms. The van der Waals surface area contributed by atoms with E-state index in [0.717, 1.165) is 49.7 Å². The number of guanidine groups is 1. The van der Waals surface area contributed by atoms with Gasteiger partial charge in [-0.15, -0.1) is 0 Å². The molecule has 164 valence electrons. The van der Waals surface area contributed by atoms with E-state index in [1.165, 1.54) is 25.3 Å². The number of hydrogen-bond acceptors (Lipinski definition) is 3. The van der Waals surface area contributed by atoms with Crippen LogP contribution in [-0.4, -0.2) is 40.3 Å². The molecule has 0 atom stereocenters. The maximum atomic E-state index is 14.6. The summed E-state index contributed by atoms with van der Waals surface area (Å²) in [6.45, 7) is 6.05. The third-order valence-electron chi connectivity index (χ3n) is 6.05. The van der Waals surface area contributed by atoms with Gasteiger partial charge in [0.1, 0.15) is 11.6 Å². The van der Waals surface area contributed by atoms with Crippen molar-refractivity contribution in [2.24, 2.45) is 10.4 Å². The predicted molar refractivity (Wildman–Crippen MR) is 118 cm³/mol. The fourth-order valence-corrected chi connectivity index (χ4v) is 4.31. The summed E-state index contributed by atoms with van der Waals surface area (Å²) in [7, 11) is 0. The highest BCUT2D eigenvalue weighted by Gasteiger charge is 2.31. The van der Waals surface area contributed by atoms with Crippen LogP contribution >= 0.6 is 0 Å². The normalized spacial score (nSPS) is 16.5. The molecule has 1 saturated carbocycles. The molecule has 0 aliphatic heterocycles. The Bertz CT molecular complexity index is 836. The zero-order valence-corrected chi connectivity index (χ0v) is 18.1. The maximum absolute atomic E-state index is 14.6. The van der Waals surface area contributed by atoms with E-state index >= 15 is 0 Å². The van der Waals surface area contributed by atoms with Gasteiger partial charge >= 0.3 is 0 Å². The summed E-state index contributed by atoms with van der Waals surface area (Å²) < 4.78 is 16.4. The number of imidazole rings is 1. The van der Waals surface area contributed by atoms with Gasteiger partial charge < -0.3 is 20.3 Å². The molecule has 1 fully saturated rings. The number of hydrogen-bond donors (Lipinski definition) is 3. The first-order valence-electron chi connectivity index (χ1n) is 11.0. The monoisotopic (exact) mass is 415 g/mol. The van der Waals surface area contributed by atoms with Gasteiger partial charge in [-0.05, 0) is 56.2 Å². The number of benzene rings is 1. The van der Waals surface area contributed by atoms with E-state index in [-0.39, 0.29) is 17.8 Å². The first-order valence-corrected chi connectivity index (χ1v) is 11.0. The Balaban J connectivity index is 1.67. The molecule has 0 radical (unpaired) electrons. The topological polar surface area (TPSA) is 74.5 Å². The molecule has 2 aromatic rings. The highest BCUT2D eigenvalue weighted by Crippen LogP contribution is 2.38. The second-order valence-electron chi connectivity index (χ2n) is 8.21. The smallest absolute Gasteiger partial charge is 0.191 e. The van der Waals surface area contributed by atoms with Crippen LogP contribution in [0.1, 0.15) is 56.8 Å². The van der Waals surface area contributed by atoms with Crippen LogP contribution in [0.3, 0.4) is 0 Å². The second kappa shape index (κ2) is 10.6. The Morgan fingerprint density at radius 2 is 2.07 bits per heavy atom. The lowest BCUT2D eigenvalue weighted by atomic mass is 9.72. The van der Waals surface area contributed by atoms with Crippen molar-refractivity contribution in [3.05, 3.63) is 47.8 Å². The van der Waals surface area contributed by atoms with E-state index in [9.17, 15) is 9.50 Å². The van der Waals surface area contributed by atoms with Gasteiger partial charge in [-0.25, -0.2) is 14.4 Å². The number of aryl methyl sites for hydroxylation is 1. The van der Waals surface area contributed by atoms with E-state index < -0.39 is 0 Å². The molecule has 3 rings (SSSR count). The second-order valence-corrected chi connectivity index (χ2v) is 8.21. The van der Waals surface area contributed by atoms with Crippen molar-refractivity contribution in [1.29, 1.82) is 0 Å². The molecule has 0 unspecified atom stereocenters. The van der Waals surface area contributed by atoms with Gasteiger partial charge in [-0.3, -0.25) is 0 Å². The molecule has 0 bridgehead atoms. The first-order chi connectivity index (χ1) is 14.6. The molecule has 1 aliphatic carbocycles. The predicted octanol–water partition coefficient (Wildman–Crippen LogP) is 3.71. The zero-order chi connectivity index (χ0) is 21.4. The molecule has 0 amide bonds.